The molecule has 0 aliphatic heterocycles. The van der Waals surface area contributed by atoms with Crippen molar-refractivity contribution in [3.63, 3.8) is 0 Å². The zero-order chi connectivity index (χ0) is 14.5. The lowest BCUT2D eigenvalue weighted by Gasteiger charge is -2.19. The highest BCUT2D eigenvalue weighted by atomic mass is 16.5. The molecule has 2 aromatic rings. The predicted octanol–water partition coefficient (Wildman–Crippen LogP) is 2.03. The Labute approximate surface area is 119 Å². The molecule has 1 atom stereocenters. The van der Waals surface area contributed by atoms with E-state index in [1.807, 2.05) is 28.9 Å². The molecular weight excluding hydrogens is 252 g/mol. The van der Waals surface area contributed by atoms with E-state index in [-0.39, 0.29) is 6.04 Å². The van der Waals surface area contributed by atoms with Gasteiger partial charge in [-0.15, -0.1) is 0 Å². The molecule has 5 heteroatoms. The first-order chi connectivity index (χ1) is 9.74. The van der Waals surface area contributed by atoms with E-state index in [2.05, 4.69) is 30.4 Å². The Morgan fingerprint density at radius 1 is 1.35 bits per heavy atom. The van der Waals surface area contributed by atoms with Gasteiger partial charge in [-0.2, -0.15) is 5.10 Å². The van der Waals surface area contributed by atoms with Crippen LogP contribution in [0.3, 0.4) is 0 Å². The number of nitrogens with two attached hydrogens (primary N) is 1. The highest BCUT2D eigenvalue weighted by Crippen LogP contribution is 2.29. The molecular formula is C15H22N4O. The average molecular weight is 274 g/mol. The fraction of sp³-hybridized carbons (Fsp3) is 0.400. The quantitative estimate of drug-likeness (QED) is 0.625. The highest BCUT2D eigenvalue weighted by Gasteiger charge is 2.21. The molecule has 5 nitrogen and oxygen atoms in total. The Balaban J connectivity index is 2.49. The van der Waals surface area contributed by atoms with Gasteiger partial charge >= 0.3 is 0 Å². The van der Waals surface area contributed by atoms with Crippen molar-refractivity contribution in [3.05, 3.63) is 47.3 Å². The smallest absolute Gasteiger partial charge is 0.124 e. The lowest BCUT2D eigenvalue weighted by atomic mass is 10.0. The molecule has 0 amide bonds. The van der Waals surface area contributed by atoms with Gasteiger partial charge in [-0.05, 0) is 25.5 Å². The SMILES string of the molecule is CCc1cc(C(NN)c2ccccc2OC)n(CC)n1. The second kappa shape index (κ2) is 6.54. The lowest BCUT2D eigenvalue weighted by molar-refractivity contribution is 0.402. The highest BCUT2D eigenvalue weighted by molar-refractivity contribution is 5.40. The van der Waals surface area contributed by atoms with Crippen LogP contribution in [0.1, 0.15) is 36.8 Å². The Morgan fingerprint density at radius 3 is 2.70 bits per heavy atom. The lowest BCUT2D eigenvalue weighted by Crippen LogP contribution is -2.31. The number of aromatic nitrogens is 2. The number of ether oxygens (including phenoxy) is 1. The molecule has 1 aromatic carbocycles. The van der Waals surface area contributed by atoms with Crippen LogP contribution < -0.4 is 16.0 Å². The van der Waals surface area contributed by atoms with Gasteiger partial charge in [0.15, 0.2) is 0 Å². The summed E-state index contributed by atoms with van der Waals surface area (Å²) in [5.41, 5.74) is 6.01. The maximum absolute atomic E-state index is 5.79. The third-order valence-corrected chi connectivity index (χ3v) is 3.44. The van der Waals surface area contributed by atoms with E-state index in [1.54, 1.807) is 7.11 Å². The van der Waals surface area contributed by atoms with Crippen LogP contribution in [0, 0.1) is 0 Å². The van der Waals surface area contributed by atoms with Crippen molar-refractivity contribution in [1.29, 1.82) is 0 Å². The maximum Gasteiger partial charge on any atom is 0.124 e. The van der Waals surface area contributed by atoms with Crippen LogP contribution in [0.2, 0.25) is 0 Å². The van der Waals surface area contributed by atoms with E-state index in [1.165, 1.54) is 0 Å². The Kier molecular flexibility index (Phi) is 4.76. The van der Waals surface area contributed by atoms with Crippen LogP contribution in [-0.2, 0) is 13.0 Å². The van der Waals surface area contributed by atoms with Gasteiger partial charge in [0.1, 0.15) is 5.75 Å². The van der Waals surface area contributed by atoms with Gasteiger partial charge in [0.2, 0.25) is 0 Å². The van der Waals surface area contributed by atoms with Crippen molar-refractivity contribution in [2.75, 3.05) is 7.11 Å². The number of para-hydroxylation sites is 1. The minimum atomic E-state index is -0.140. The van der Waals surface area contributed by atoms with Crippen molar-refractivity contribution in [1.82, 2.24) is 15.2 Å². The topological polar surface area (TPSA) is 65.1 Å². The number of methoxy groups -OCH3 is 1. The molecule has 20 heavy (non-hydrogen) atoms. The molecule has 0 saturated heterocycles. The molecule has 1 unspecified atom stereocenters. The number of benzene rings is 1. The van der Waals surface area contributed by atoms with Crippen molar-refractivity contribution < 1.29 is 4.74 Å². The molecule has 0 bridgehead atoms. The van der Waals surface area contributed by atoms with E-state index in [9.17, 15) is 0 Å². The minimum Gasteiger partial charge on any atom is -0.496 e. The predicted molar refractivity (Wildman–Crippen MR) is 79.4 cm³/mol. The average Bonchev–Trinajstić information content (AvgIpc) is 2.92. The molecule has 0 fully saturated rings. The summed E-state index contributed by atoms with van der Waals surface area (Å²) in [7, 11) is 1.67. The molecule has 0 aliphatic rings. The summed E-state index contributed by atoms with van der Waals surface area (Å²) >= 11 is 0. The fourth-order valence-corrected chi connectivity index (χ4v) is 2.38. The summed E-state index contributed by atoms with van der Waals surface area (Å²) in [5.74, 6) is 6.61. The van der Waals surface area contributed by atoms with Crippen LogP contribution in [-0.4, -0.2) is 16.9 Å². The van der Waals surface area contributed by atoms with Crippen LogP contribution >= 0.6 is 0 Å². The summed E-state index contributed by atoms with van der Waals surface area (Å²) in [6.07, 6.45) is 0.906. The Morgan fingerprint density at radius 2 is 2.10 bits per heavy atom. The fourth-order valence-electron chi connectivity index (χ4n) is 2.38. The van der Waals surface area contributed by atoms with Crippen LogP contribution in [0.5, 0.6) is 5.75 Å². The van der Waals surface area contributed by atoms with Gasteiger partial charge in [0, 0.05) is 12.1 Å². The first-order valence-corrected chi connectivity index (χ1v) is 6.90. The third-order valence-electron chi connectivity index (χ3n) is 3.44. The number of nitrogens with one attached hydrogen (secondary N) is 1. The maximum atomic E-state index is 5.79. The van der Waals surface area contributed by atoms with Gasteiger partial charge in [-0.3, -0.25) is 10.5 Å². The summed E-state index contributed by atoms with van der Waals surface area (Å²) in [5, 5.41) is 4.58. The molecule has 0 saturated carbocycles. The Hall–Kier alpha value is -1.85. The van der Waals surface area contributed by atoms with Crippen molar-refractivity contribution in [3.8, 4) is 5.75 Å². The van der Waals surface area contributed by atoms with Gasteiger partial charge in [0.25, 0.3) is 0 Å². The second-order valence-electron chi connectivity index (χ2n) is 4.57. The zero-order valence-electron chi connectivity index (χ0n) is 12.3. The second-order valence-corrected chi connectivity index (χ2v) is 4.57. The number of hydrogen-bond donors (Lipinski definition) is 2. The molecule has 2 rings (SSSR count). The minimum absolute atomic E-state index is 0.140. The van der Waals surface area contributed by atoms with Gasteiger partial charge in [0.05, 0.1) is 24.5 Å². The number of hydrazine groups is 1. The molecule has 1 heterocycles. The van der Waals surface area contributed by atoms with E-state index < -0.39 is 0 Å². The summed E-state index contributed by atoms with van der Waals surface area (Å²) in [4.78, 5) is 0. The van der Waals surface area contributed by atoms with Crippen molar-refractivity contribution in [2.24, 2.45) is 5.84 Å². The first-order valence-electron chi connectivity index (χ1n) is 6.90. The number of hydrogen-bond acceptors (Lipinski definition) is 4. The standard InChI is InChI=1S/C15H22N4O/c1-4-11-10-13(19(5-2)18-11)15(17-16)12-8-6-7-9-14(12)20-3/h6-10,15,17H,4-5,16H2,1-3H3. The van der Waals surface area contributed by atoms with Crippen molar-refractivity contribution in [2.45, 2.75) is 32.9 Å². The normalized spacial score (nSPS) is 12.4. The van der Waals surface area contributed by atoms with Crippen LogP contribution in [0.4, 0.5) is 0 Å². The molecule has 0 spiro atoms. The Bertz CT molecular complexity index is 565. The number of rotatable bonds is 6. The third kappa shape index (κ3) is 2.69. The monoisotopic (exact) mass is 274 g/mol. The molecule has 1 aromatic heterocycles. The largest absolute Gasteiger partial charge is 0.496 e. The number of nitrogens with zero attached hydrogens (tertiary/aromatic N) is 2. The summed E-state index contributed by atoms with van der Waals surface area (Å²) < 4.78 is 7.41. The molecule has 0 radical (unpaired) electrons. The van der Waals surface area contributed by atoms with Crippen LogP contribution in [0.15, 0.2) is 30.3 Å². The van der Waals surface area contributed by atoms with E-state index in [0.717, 1.165) is 35.7 Å². The van der Waals surface area contributed by atoms with Crippen molar-refractivity contribution >= 4 is 0 Å². The summed E-state index contributed by atoms with van der Waals surface area (Å²) in [6, 6.07) is 9.84. The van der Waals surface area contributed by atoms with E-state index >= 15 is 0 Å². The van der Waals surface area contributed by atoms with Gasteiger partial charge in [-0.25, -0.2) is 5.43 Å². The molecule has 108 valence electrons. The van der Waals surface area contributed by atoms with Crippen LogP contribution in [0.25, 0.3) is 0 Å². The molecule has 3 N–H and O–H groups in total. The van der Waals surface area contributed by atoms with Gasteiger partial charge < -0.3 is 4.74 Å². The van der Waals surface area contributed by atoms with E-state index in [4.69, 9.17) is 10.6 Å². The van der Waals surface area contributed by atoms with E-state index in [0.29, 0.717) is 0 Å². The zero-order valence-corrected chi connectivity index (χ0v) is 12.3. The molecule has 0 aliphatic carbocycles. The summed E-state index contributed by atoms with van der Waals surface area (Å²) in [6.45, 7) is 4.98. The number of aryl methyl sites for hydroxylation is 2. The first kappa shape index (κ1) is 14.6. The van der Waals surface area contributed by atoms with Gasteiger partial charge in [-0.1, -0.05) is 25.1 Å².